The molecule has 0 aliphatic carbocycles. The molecule has 2 aromatic rings. The summed E-state index contributed by atoms with van der Waals surface area (Å²) in [6.07, 6.45) is 0.263. The number of carbonyl (C=O) groups excluding carboxylic acids is 1. The molecule has 5 heteroatoms. The SMILES string of the molecule is COc1ccc(CC(=O)N[C@@H](C)c2cc(C)ccc2OC)cc1OC. The van der Waals surface area contributed by atoms with Gasteiger partial charge in [-0.1, -0.05) is 23.8 Å². The molecule has 0 fully saturated rings. The molecule has 0 saturated heterocycles. The van der Waals surface area contributed by atoms with Crippen LogP contribution in [0.5, 0.6) is 17.2 Å². The fraction of sp³-hybridized carbons (Fsp3) is 0.350. The standard InChI is InChI=1S/C20H25NO4/c1-13-6-8-17(23-3)16(10-13)14(2)21-20(22)12-15-7-9-18(24-4)19(11-15)25-5/h6-11,14H,12H2,1-5H3,(H,21,22)/t14-/m0/s1. The van der Waals surface area contributed by atoms with E-state index in [4.69, 9.17) is 14.2 Å². The number of amides is 1. The monoisotopic (exact) mass is 343 g/mol. The zero-order chi connectivity index (χ0) is 18.4. The fourth-order valence-corrected chi connectivity index (χ4v) is 2.74. The van der Waals surface area contributed by atoms with Crippen LogP contribution in [0.4, 0.5) is 0 Å². The van der Waals surface area contributed by atoms with Gasteiger partial charge in [-0.3, -0.25) is 4.79 Å². The maximum atomic E-state index is 12.4. The molecule has 25 heavy (non-hydrogen) atoms. The Morgan fingerprint density at radius 1 is 0.960 bits per heavy atom. The van der Waals surface area contributed by atoms with Crippen LogP contribution in [0, 0.1) is 6.92 Å². The van der Waals surface area contributed by atoms with E-state index in [2.05, 4.69) is 5.32 Å². The molecular weight excluding hydrogens is 318 g/mol. The van der Waals surface area contributed by atoms with Crippen molar-refractivity contribution in [1.82, 2.24) is 5.32 Å². The largest absolute Gasteiger partial charge is 0.496 e. The second kappa shape index (κ2) is 8.42. The van der Waals surface area contributed by atoms with Crippen molar-refractivity contribution in [2.45, 2.75) is 26.3 Å². The number of aryl methyl sites for hydroxylation is 1. The third-order valence-electron chi connectivity index (χ3n) is 4.04. The predicted molar refractivity (Wildman–Crippen MR) is 97.5 cm³/mol. The van der Waals surface area contributed by atoms with E-state index in [1.165, 1.54) is 0 Å². The fourth-order valence-electron chi connectivity index (χ4n) is 2.74. The molecule has 0 saturated carbocycles. The second-order valence-corrected chi connectivity index (χ2v) is 5.90. The first-order valence-electron chi connectivity index (χ1n) is 8.13. The third-order valence-corrected chi connectivity index (χ3v) is 4.04. The average molecular weight is 343 g/mol. The van der Waals surface area contributed by atoms with E-state index >= 15 is 0 Å². The van der Waals surface area contributed by atoms with Gasteiger partial charge in [0.25, 0.3) is 0 Å². The number of nitrogens with one attached hydrogen (secondary N) is 1. The molecule has 0 unspecified atom stereocenters. The number of benzene rings is 2. The number of ether oxygens (including phenoxy) is 3. The summed E-state index contributed by atoms with van der Waals surface area (Å²) >= 11 is 0. The van der Waals surface area contributed by atoms with Crippen LogP contribution in [0.15, 0.2) is 36.4 Å². The van der Waals surface area contributed by atoms with Crippen molar-refractivity contribution in [3.63, 3.8) is 0 Å². The van der Waals surface area contributed by atoms with Crippen LogP contribution in [0.2, 0.25) is 0 Å². The lowest BCUT2D eigenvalue weighted by atomic mass is 10.0. The van der Waals surface area contributed by atoms with E-state index in [0.29, 0.717) is 11.5 Å². The normalized spacial score (nSPS) is 11.6. The lowest BCUT2D eigenvalue weighted by molar-refractivity contribution is -0.121. The predicted octanol–water partition coefficient (Wildman–Crippen LogP) is 3.44. The molecule has 5 nitrogen and oxygen atoms in total. The van der Waals surface area contributed by atoms with Crippen molar-refractivity contribution < 1.29 is 19.0 Å². The molecule has 0 heterocycles. The van der Waals surface area contributed by atoms with Gasteiger partial charge in [0, 0.05) is 5.56 Å². The molecule has 0 spiro atoms. The number of methoxy groups -OCH3 is 3. The maximum absolute atomic E-state index is 12.4. The minimum absolute atomic E-state index is 0.0664. The van der Waals surface area contributed by atoms with Crippen molar-refractivity contribution in [2.24, 2.45) is 0 Å². The molecule has 1 atom stereocenters. The van der Waals surface area contributed by atoms with Crippen molar-refractivity contribution in [2.75, 3.05) is 21.3 Å². The molecule has 0 bridgehead atoms. The van der Waals surface area contributed by atoms with Gasteiger partial charge in [0.05, 0.1) is 33.8 Å². The lowest BCUT2D eigenvalue weighted by Crippen LogP contribution is -2.28. The zero-order valence-electron chi connectivity index (χ0n) is 15.4. The first-order chi connectivity index (χ1) is 12.0. The molecule has 2 rings (SSSR count). The van der Waals surface area contributed by atoms with E-state index in [-0.39, 0.29) is 18.4 Å². The topological polar surface area (TPSA) is 56.8 Å². The summed E-state index contributed by atoms with van der Waals surface area (Å²) in [5, 5.41) is 3.02. The quantitative estimate of drug-likeness (QED) is 0.837. The molecule has 0 radical (unpaired) electrons. The number of hydrogen-bond acceptors (Lipinski definition) is 4. The maximum Gasteiger partial charge on any atom is 0.224 e. The number of rotatable bonds is 7. The van der Waals surface area contributed by atoms with Crippen molar-refractivity contribution in [3.8, 4) is 17.2 Å². The summed E-state index contributed by atoms with van der Waals surface area (Å²) in [7, 11) is 4.79. The van der Waals surface area contributed by atoms with Crippen LogP contribution in [0.3, 0.4) is 0 Å². The minimum Gasteiger partial charge on any atom is -0.496 e. The van der Waals surface area contributed by atoms with Gasteiger partial charge < -0.3 is 19.5 Å². The Hall–Kier alpha value is -2.69. The molecule has 134 valence electrons. The van der Waals surface area contributed by atoms with Crippen LogP contribution < -0.4 is 19.5 Å². The van der Waals surface area contributed by atoms with Gasteiger partial charge in [0.2, 0.25) is 5.91 Å². The van der Waals surface area contributed by atoms with Crippen LogP contribution >= 0.6 is 0 Å². The summed E-state index contributed by atoms with van der Waals surface area (Å²) in [5.41, 5.74) is 2.94. The van der Waals surface area contributed by atoms with Gasteiger partial charge in [-0.05, 0) is 37.6 Å². The highest BCUT2D eigenvalue weighted by Gasteiger charge is 2.15. The zero-order valence-corrected chi connectivity index (χ0v) is 15.4. The van der Waals surface area contributed by atoms with Crippen LogP contribution in [0.1, 0.15) is 29.7 Å². The van der Waals surface area contributed by atoms with E-state index < -0.39 is 0 Å². The average Bonchev–Trinajstić information content (AvgIpc) is 2.61. The Labute approximate surface area is 148 Å². The molecular formula is C20H25NO4. The minimum atomic E-state index is -0.150. The molecule has 0 aliphatic heterocycles. The van der Waals surface area contributed by atoms with Crippen molar-refractivity contribution in [1.29, 1.82) is 0 Å². The number of hydrogen-bond donors (Lipinski definition) is 1. The highest BCUT2D eigenvalue weighted by atomic mass is 16.5. The van der Waals surface area contributed by atoms with E-state index in [0.717, 1.165) is 22.4 Å². The van der Waals surface area contributed by atoms with Gasteiger partial charge in [-0.25, -0.2) is 0 Å². The van der Waals surface area contributed by atoms with E-state index in [1.807, 2.05) is 44.2 Å². The van der Waals surface area contributed by atoms with Crippen LogP contribution in [-0.4, -0.2) is 27.2 Å². The Bertz CT molecular complexity index is 742. The smallest absolute Gasteiger partial charge is 0.224 e. The molecule has 1 N–H and O–H groups in total. The molecule has 0 aromatic heterocycles. The number of carbonyl (C=O) groups is 1. The van der Waals surface area contributed by atoms with Gasteiger partial charge in [0.1, 0.15) is 5.75 Å². The summed E-state index contributed by atoms with van der Waals surface area (Å²) in [5.74, 6) is 1.96. The van der Waals surface area contributed by atoms with E-state index in [9.17, 15) is 4.79 Å². The van der Waals surface area contributed by atoms with Crippen LogP contribution in [0.25, 0.3) is 0 Å². The highest BCUT2D eigenvalue weighted by molar-refractivity contribution is 5.79. The Morgan fingerprint density at radius 2 is 1.60 bits per heavy atom. The first-order valence-corrected chi connectivity index (χ1v) is 8.13. The van der Waals surface area contributed by atoms with Gasteiger partial charge in [-0.15, -0.1) is 0 Å². The summed E-state index contributed by atoms with van der Waals surface area (Å²) in [6, 6.07) is 11.3. The molecule has 1 amide bonds. The summed E-state index contributed by atoms with van der Waals surface area (Å²) < 4.78 is 15.9. The summed E-state index contributed by atoms with van der Waals surface area (Å²) in [4.78, 5) is 12.4. The third kappa shape index (κ3) is 4.66. The van der Waals surface area contributed by atoms with Gasteiger partial charge in [0.15, 0.2) is 11.5 Å². The summed E-state index contributed by atoms with van der Waals surface area (Å²) in [6.45, 7) is 3.96. The van der Waals surface area contributed by atoms with Gasteiger partial charge >= 0.3 is 0 Å². The highest BCUT2D eigenvalue weighted by Crippen LogP contribution is 2.28. The van der Waals surface area contributed by atoms with Crippen LogP contribution in [-0.2, 0) is 11.2 Å². The molecule has 2 aromatic carbocycles. The molecule has 0 aliphatic rings. The van der Waals surface area contributed by atoms with E-state index in [1.54, 1.807) is 27.4 Å². The Kier molecular flexibility index (Phi) is 6.28. The Morgan fingerprint density at radius 3 is 2.24 bits per heavy atom. The lowest BCUT2D eigenvalue weighted by Gasteiger charge is -2.18. The van der Waals surface area contributed by atoms with Crippen molar-refractivity contribution in [3.05, 3.63) is 53.1 Å². The second-order valence-electron chi connectivity index (χ2n) is 5.90. The van der Waals surface area contributed by atoms with Crippen molar-refractivity contribution >= 4 is 5.91 Å². The first kappa shape index (κ1) is 18.6. The Balaban J connectivity index is 2.08. The van der Waals surface area contributed by atoms with Gasteiger partial charge in [-0.2, -0.15) is 0 Å².